The van der Waals surface area contributed by atoms with E-state index in [1.165, 1.54) is 0 Å². The molecule has 8 heteroatoms. The molecule has 1 heterocycles. The first-order chi connectivity index (χ1) is 17.9. The monoisotopic (exact) mass is 501 g/mol. The number of carbonyl (C=O) groups excluding carboxylic acids is 2. The fraction of sp³-hybridized carbons (Fsp3) is 0.310. The molecular weight excluding hydrogens is 466 g/mol. The van der Waals surface area contributed by atoms with Gasteiger partial charge in [-0.1, -0.05) is 42.0 Å². The van der Waals surface area contributed by atoms with Crippen molar-refractivity contribution in [3.63, 3.8) is 0 Å². The molecule has 3 aromatic rings. The van der Waals surface area contributed by atoms with Crippen LogP contribution in [-0.4, -0.2) is 61.1 Å². The van der Waals surface area contributed by atoms with Crippen molar-refractivity contribution in [3.8, 4) is 0 Å². The molecule has 0 radical (unpaired) electrons. The van der Waals surface area contributed by atoms with Crippen LogP contribution in [0, 0.1) is 6.92 Å². The maximum Gasteiger partial charge on any atom is 0.329 e. The highest BCUT2D eigenvalue weighted by Gasteiger charge is 2.26. The zero-order chi connectivity index (χ0) is 26.2. The summed E-state index contributed by atoms with van der Waals surface area (Å²) in [4.78, 5) is 31.6. The van der Waals surface area contributed by atoms with Gasteiger partial charge in [0.2, 0.25) is 5.91 Å². The quantitative estimate of drug-likeness (QED) is 0.429. The minimum absolute atomic E-state index is 0.164. The predicted octanol–water partition coefficient (Wildman–Crippen LogP) is 4.16. The Morgan fingerprint density at radius 2 is 1.62 bits per heavy atom. The smallest absolute Gasteiger partial charge is 0.329 e. The van der Waals surface area contributed by atoms with Crippen LogP contribution in [0.4, 0.5) is 21.9 Å². The second kappa shape index (κ2) is 12.4. The van der Waals surface area contributed by atoms with E-state index in [0.717, 1.165) is 56.1 Å². The van der Waals surface area contributed by atoms with E-state index in [0.29, 0.717) is 30.0 Å². The molecule has 37 heavy (non-hydrogen) atoms. The summed E-state index contributed by atoms with van der Waals surface area (Å²) in [5, 5.41) is 0. The number of nitrogens with two attached hydrogens (primary N) is 2. The van der Waals surface area contributed by atoms with Crippen LogP contribution in [0.1, 0.15) is 27.9 Å². The second-order valence-electron chi connectivity index (χ2n) is 9.30. The molecule has 3 aromatic carbocycles. The maximum atomic E-state index is 14.2. The summed E-state index contributed by atoms with van der Waals surface area (Å²) in [6, 6.07) is 22.2. The number of primary amides is 1. The van der Waals surface area contributed by atoms with Crippen molar-refractivity contribution in [2.75, 3.05) is 50.0 Å². The number of rotatable bonds is 9. The molecule has 0 aliphatic carbocycles. The lowest BCUT2D eigenvalue weighted by Gasteiger charge is -2.33. The van der Waals surface area contributed by atoms with Gasteiger partial charge in [0.1, 0.15) is 0 Å². The van der Waals surface area contributed by atoms with E-state index in [-0.39, 0.29) is 6.03 Å². The molecule has 0 atom stereocenters. The summed E-state index contributed by atoms with van der Waals surface area (Å²) in [7, 11) is 0. The number of nitrogen functional groups attached to an aromatic ring is 1. The Morgan fingerprint density at radius 1 is 0.946 bits per heavy atom. The largest absolute Gasteiger partial charge is 0.397 e. The minimum atomic E-state index is -0.477. The van der Waals surface area contributed by atoms with Crippen molar-refractivity contribution in [3.05, 3.63) is 89.5 Å². The zero-order valence-corrected chi connectivity index (χ0v) is 21.3. The molecule has 8 nitrogen and oxygen atoms in total. The van der Waals surface area contributed by atoms with E-state index in [1.807, 2.05) is 66.4 Å². The number of morpholine rings is 1. The number of benzene rings is 3. The number of hydrogen-bond donors (Lipinski definition) is 2. The first kappa shape index (κ1) is 26.2. The molecule has 4 N–H and O–H groups in total. The van der Waals surface area contributed by atoms with Crippen molar-refractivity contribution in [1.29, 1.82) is 0 Å². The molecule has 0 aromatic heterocycles. The molecule has 0 spiro atoms. The molecule has 3 amide bonds. The lowest BCUT2D eigenvalue weighted by atomic mass is 10.1. The van der Waals surface area contributed by atoms with Crippen LogP contribution >= 0.6 is 0 Å². The van der Waals surface area contributed by atoms with E-state index in [2.05, 4.69) is 4.90 Å². The van der Waals surface area contributed by atoms with Gasteiger partial charge in [-0.25, -0.2) is 4.79 Å². The number of nitrogens with zero attached hydrogens (tertiary/aromatic N) is 3. The van der Waals surface area contributed by atoms with E-state index in [4.69, 9.17) is 16.2 Å². The molecule has 0 unspecified atom stereocenters. The Bertz CT molecular complexity index is 1190. The highest BCUT2D eigenvalue weighted by atomic mass is 16.5. The third-order valence-electron chi connectivity index (χ3n) is 6.55. The number of para-hydroxylation sites is 2. The number of amides is 3. The van der Waals surface area contributed by atoms with Crippen LogP contribution in [0.15, 0.2) is 72.8 Å². The number of anilines is 3. The van der Waals surface area contributed by atoms with Gasteiger partial charge in [-0.15, -0.1) is 0 Å². The molecular formula is C29H35N5O3. The van der Waals surface area contributed by atoms with Crippen molar-refractivity contribution in [2.45, 2.75) is 19.9 Å². The van der Waals surface area contributed by atoms with Crippen LogP contribution in [-0.2, 0) is 11.3 Å². The average Bonchev–Trinajstić information content (AvgIpc) is 2.91. The van der Waals surface area contributed by atoms with Gasteiger partial charge < -0.3 is 21.1 Å². The van der Waals surface area contributed by atoms with Gasteiger partial charge in [0, 0.05) is 38.3 Å². The third kappa shape index (κ3) is 6.87. The summed E-state index contributed by atoms with van der Waals surface area (Å²) < 4.78 is 5.46. The first-order valence-corrected chi connectivity index (χ1v) is 12.6. The molecule has 1 fully saturated rings. The lowest BCUT2D eigenvalue weighted by molar-refractivity contribution is 0.0365. The van der Waals surface area contributed by atoms with E-state index in [9.17, 15) is 9.59 Å². The fourth-order valence-corrected chi connectivity index (χ4v) is 4.43. The lowest BCUT2D eigenvalue weighted by Crippen LogP contribution is -2.43. The molecule has 1 aliphatic rings. The van der Waals surface area contributed by atoms with Gasteiger partial charge in [-0.2, -0.15) is 0 Å². The summed E-state index contributed by atoms with van der Waals surface area (Å²) in [5.74, 6) is -0.477. The van der Waals surface area contributed by atoms with Crippen LogP contribution in [0.5, 0.6) is 0 Å². The SMILES string of the molecule is Cc1ccc(N(C(=O)N(CCCN2CCOCC2)Cc2ccc(C(N)=O)cc2)c2ccccc2N)cc1. The van der Waals surface area contributed by atoms with Crippen LogP contribution in [0.2, 0.25) is 0 Å². The van der Waals surface area contributed by atoms with Crippen molar-refractivity contribution < 1.29 is 14.3 Å². The van der Waals surface area contributed by atoms with E-state index in [1.54, 1.807) is 23.1 Å². The predicted molar refractivity (Wildman–Crippen MR) is 147 cm³/mol. The molecule has 194 valence electrons. The zero-order valence-electron chi connectivity index (χ0n) is 21.3. The molecule has 4 rings (SSSR count). The van der Waals surface area contributed by atoms with Crippen LogP contribution < -0.4 is 16.4 Å². The Morgan fingerprint density at radius 3 is 2.27 bits per heavy atom. The molecule has 0 bridgehead atoms. The summed E-state index contributed by atoms with van der Waals surface area (Å²) in [5.41, 5.74) is 16.1. The van der Waals surface area contributed by atoms with Gasteiger partial charge in [-0.05, 0) is 55.3 Å². The van der Waals surface area contributed by atoms with Crippen molar-refractivity contribution in [1.82, 2.24) is 9.80 Å². The number of aryl methyl sites for hydroxylation is 1. The van der Waals surface area contributed by atoms with Crippen molar-refractivity contribution >= 4 is 29.0 Å². The molecule has 1 aliphatic heterocycles. The highest BCUT2D eigenvalue weighted by molar-refractivity contribution is 6.02. The van der Waals surface area contributed by atoms with Crippen LogP contribution in [0.3, 0.4) is 0 Å². The highest BCUT2D eigenvalue weighted by Crippen LogP contribution is 2.32. The van der Waals surface area contributed by atoms with Crippen LogP contribution in [0.25, 0.3) is 0 Å². The first-order valence-electron chi connectivity index (χ1n) is 12.6. The van der Waals surface area contributed by atoms with Crippen molar-refractivity contribution in [2.24, 2.45) is 5.73 Å². The number of urea groups is 1. The standard InChI is InChI=1S/C29H35N5O3/c1-22-7-13-25(14-8-22)34(27-6-3-2-5-26(27)30)29(36)33(16-4-15-32-17-19-37-20-18-32)21-23-9-11-24(12-10-23)28(31)35/h2-3,5-14H,4,15-21,30H2,1H3,(H2,31,35). The van der Waals surface area contributed by atoms with Gasteiger partial charge in [-0.3, -0.25) is 14.6 Å². The number of ether oxygens (including phenoxy) is 1. The van der Waals surface area contributed by atoms with E-state index < -0.39 is 5.91 Å². The molecule has 1 saturated heterocycles. The number of carbonyl (C=O) groups is 2. The fourth-order valence-electron chi connectivity index (χ4n) is 4.43. The normalized spacial score (nSPS) is 13.8. The average molecular weight is 502 g/mol. The van der Waals surface area contributed by atoms with Gasteiger partial charge in [0.25, 0.3) is 0 Å². The summed E-state index contributed by atoms with van der Waals surface area (Å²) in [6.45, 7) is 7.12. The van der Waals surface area contributed by atoms with E-state index >= 15 is 0 Å². The Kier molecular flexibility index (Phi) is 8.77. The van der Waals surface area contributed by atoms with Gasteiger partial charge >= 0.3 is 6.03 Å². The van der Waals surface area contributed by atoms with Gasteiger partial charge in [0.05, 0.1) is 30.3 Å². The molecule has 0 saturated carbocycles. The Labute approximate surface area is 218 Å². The summed E-state index contributed by atoms with van der Waals surface area (Å²) in [6.07, 6.45) is 0.817. The number of hydrogen-bond acceptors (Lipinski definition) is 5. The Balaban J connectivity index is 1.62. The minimum Gasteiger partial charge on any atom is -0.397 e. The topological polar surface area (TPSA) is 105 Å². The second-order valence-corrected chi connectivity index (χ2v) is 9.30. The summed E-state index contributed by atoms with van der Waals surface area (Å²) >= 11 is 0. The third-order valence-corrected chi connectivity index (χ3v) is 6.55. The Hall–Kier alpha value is -3.88. The maximum absolute atomic E-state index is 14.2. The van der Waals surface area contributed by atoms with Gasteiger partial charge in [0.15, 0.2) is 0 Å².